The first-order valence-electron chi connectivity index (χ1n) is 2.45. The molecule has 0 saturated heterocycles. The number of halogens is 1. The van der Waals surface area contributed by atoms with Crippen molar-refractivity contribution < 1.29 is 0 Å². The molecule has 48 valence electrons. The van der Waals surface area contributed by atoms with Gasteiger partial charge in [0.05, 0.1) is 24.0 Å². The highest BCUT2D eigenvalue weighted by Crippen LogP contribution is 1.98. The molecule has 0 aliphatic rings. The average Bonchev–Trinajstić information content (AvgIpc) is 1.90. The molecule has 1 aromatic heterocycles. The lowest BCUT2D eigenvalue weighted by atomic mass is 10.5. The Kier molecular flexibility index (Phi) is 1.85. The third kappa shape index (κ3) is 1.54. The van der Waals surface area contributed by atoms with E-state index >= 15 is 0 Å². The van der Waals surface area contributed by atoms with Gasteiger partial charge in [-0.3, -0.25) is 4.98 Å². The molecule has 1 aromatic rings. The van der Waals surface area contributed by atoms with E-state index in [1.54, 1.807) is 6.20 Å². The van der Waals surface area contributed by atoms with E-state index in [0.29, 0.717) is 11.7 Å². The highest BCUT2D eigenvalue weighted by Gasteiger charge is 1.89. The number of nitrogens with two attached hydrogens (primary N) is 1. The van der Waals surface area contributed by atoms with Gasteiger partial charge in [-0.1, -0.05) is 0 Å². The Morgan fingerprint density at radius 1 is 1.44 bits per heavy atom. The Hall–Kier alpha value is -0.830. The Morgan fingerprint density at radius 2 is 2.22 bits per heavy atom. The lowest BCUT2D eigenvalue weighted by Gasteiger charge is -1.91. The quantitative estimate of drug-likeness (QED) is 0.592. The van der Waals surface area contributed by atoms with Gasteiger partial charge in [0, 0.05) is 0 Å². The molecule has 2 N–H and O–H groups in total. The van der Waals surface area contributed by atoms with E-state index in [1.165, 1.54) is 6.20 Å². The van der Waals surface area contributed by atoms with Gasteiger partial charge < -0.3 is 5.73 Å². The van der Waals surface area contributed by atoms with Crippen LogP contribution >= 0.6 is 11.6 Å². The van der Waals surface area contributed by atoms with Crippen molar-refractivity contribution in [3.8, 4) is 0 Å². The minimum atomic E-state index is 0.382. The van der Waals surface area contributed by atoms with Gasteiger partial charge in [-0.2, -0.15) is 0 Å². The first-order valence-corrected chi connectivity index (χ1v) is 2.98. The molecule has 0 saturated carbocycles. The fraction of sp³-hybridized carbons (Fsp3) is 0.200. The molecule has 1 heterocycles. The predicted molar refractivity (Wildman–Crippen MR) is 36.0 cm³/mol. The molecule has 1 rings (SSSR count). The zero-order valence-electron chi connectivity index (χ0n) is 4.71. The zero-order chi connectivity index (χ0) is 6.69. The molecule has 0 aliphatic heterocycles. The van der Waals surface area contributed by atoms with Gasteiger partial charge in [0.15, 0.2) is 0 Å². The minimum absolute atomic E-state index is 0.382. The first-order chi connectivity index (χ1) is 4.33. The molecule has 0 bridgehead atoms. The Morgan fingerprint density at radius 3 is 2.67 bits per heavy atom. The van der Waals surface area contributed by atoms with E-state index < -0.39 is 0 Å². The molecule has 0 aromatic carbocycles. The van der Waals surface area contributed by atoms with Gasteiger partial charge >= 0.3 is 0 Å². The van der Waals surface area contributed by atoms with Crippen LogP contribution in [0.15, 0.2) is 12.4 Å². The number of anilines is 1. The SMILES string of the molecule is Nc1cnc(CCl)cn1. The second kappa shape index (κ2) is 2.64. The summed E-state index contributed by atoms with van der Waals surface area (Å²) in [4.78, 5) is 7.66. The van der Waals surface area contributed by atoms with Crippen LogP contribution in [0.2, 0.25) is 0 Å². The second-order valence-electron chi connectivity index (χ2n) is 1.57. The van der Waals surface area contributed by atoms with Gasteiger partial charge in [-0.15, -0.1) is 11.6 Å². The van der Waals surface area contributed by atoms with Gasteiger partial charge in [0.1, 0.15) is 5.82 Å². The second-order valence-corrected chi connectivity index (χ2v) is 1.83. The smallest absolute Gasteiger partial charge is 0.141 e. The van der Waals surface area contributed by atoms with E-state index in [9.17, 15) is 0 Å². The van der Waals surface area contributed by atoms with Crippen molar-refractivity contribution in [1.82, 2.24) is 9.97 Å². The van der Waals surface area contributed by atoms with Crippen LogP contribution in [0.1, 0.15) is 5.69 Å². The van der Waals surface area contributed by atoms with Crippen molar-refractivity contribution in [3.05, 3.63) is 18.1 Å². The topological polar surface area (TPSA) is 51.8 Å². The Balaban J connectivity index is 2.88. The molecular formula is C5H6ClN3. The van der Waals surface area contributed by atoms with Crippen molar-refractivity contribution in [3.63, 3.8) is 0 Å². The van der Waals surface area contributed by atoms with Crippen LogP contribution in [-0.4, -0.2) is 9.97 Å². The van der Waals surface area contributed by atoms with Crippen LogP contribution in [0.5, 0.6) is 0 Å². The Labute approximate surface area is 57.9 Å². The van der Waals surface area contributed by atoms with Crippen LogP contribution in [0, 0.1) is 0 Å². The summed E-state index contributed by atoms with van der Waals surface area (Å²) in [7, 11) is 0. The highest BCUT2D eigenvalue weighted by molar-refractivity contribution is 6.16. The molecule has 3 nitrogen and oxygen atoms in total. The lowest BCUT2D eigenvalue weighted by Crippen LogP contribution is -1.92. The molecule has 0 spiro atoms. The molecule has 0 fully saturated rings. The molecule has 0 unspecified atom stereocenters. The summed E-state index contributed by atoms with van der Waals surface area (Å²) in [5.74, 6) is 0.802. The largest absolute Gasteiger partial charge is 0.382 e. The van der Waals surface area contributed by atoms with E-state index in [1.807, 2.05) is 0 Å². The Bertz CT molecular complexity index is 184. The van der Waals surface area contributed by atoms with Crippen LogP contribution in [0.25, 0.3) is 0 Å². The maximum absolute atomic E-state index is 5.44. The van der Waals surface area contributed by atoms with Crippen molar-refractivity contribution in [2.24, 2.45) is 0 Å². The number of hydrogen-bond acceptors (Lipinski definition) is 3. The fourth-order valence-corrected chi connectivity index (χ4v) is 0.572. The molecule has 0 radical (unpaired) electrons. The van der Waals surface area contributed by atoms with E-state index in [4.69, 9.17) is 17.3 Å². The van der Waals surface area contributed by atoms with Crippen molar-refractivity contribution in [2.45, 2.75) is 5.88 Å². The third-order valence-electron chi connectivity index (χ3n) is 0.862. The maximum Gasteiger partial charge on any atom is 0.141 e. The van der Waals surface area contributed by atoms with Crippen molar-refractivity contribution in [1.29, 1.82) is 0 Å². The lowest BCUT2D eigenvalue weighted by molar-refractivity contribution is 1.10. The van der Waals surface area contributed by atoms with Gasteiger partial charge in [0.25, 0.3) is 0 Å². The van der Waals surface area contributed by atoms with Crippen LogP contribution in [-0.2, 0) is 5.88 Å². The number of aromatic nitrogens is 2. The standard InChI is InChI=1S/C5H6ClN3/c6-1-4-2-9-5(7)3-8-4/h2-3H,1H2,(H2,7,9). The minimum Gasteiger partial charge on any atom is -0.382 e. The zero-order valence-corrected chi connectivity index (χ0v) is 5.47. The average molecular weight is 144 g/mol. The van der Waals surface area contributed by atoms with E-state index in [0.717, 1.165) is 5.69 Å². The molecular weight excluding hydrogens is 138 g/mol. The molecule has 4 heteroatoms. The summed E-state index contributed by atoms with van der Waals surface area (Å²) < 4.78 is 0. The molecule has 0 amide bonds. The van der Waals surface area contributed by atoms with Gasteiger partial charge in [-0.05, 0) is 0 Å². The maximum atomic E-state index is 5.44. The van der Waals surface area contributed by atoms with Gasteiger partial charge in [0.2, 0.25) is 0 Å². The summed E-state index contributed by atoms with van der Waals surface area (Å²) in [5.41, 5.74) is 6.01. The third-order valence-corrected chi connectivity index (χ3v) is 1.14. The van der Waals surface area contributed by atoms with Crippen molar-refractivity contribution >= 4 is 17.4 Å². The number of nitrogen functional groups attached to an aromatic ring is 1. The number of nitrogens with zero attached hydrogens (tertiary/aromatic N) is 2. The monoisotopic (exact) mass is 143 g/mol. The summed E-state index contributed by atoms with van der Waals surface area (Å²) in [6.45, 7) is 0. The molecule has 0 aliphatic carbocycles. The van der Waals surface area contributed by atoms with Crippen LogP contribution in [0.3, 0.4) is 0 Å². The molecule has 9 heavy (non-hydrogen) atoms. The number of alkyl halides is 1. The first kappa shape index (κ1) is 6.29. The summed E-state index contributed by atoms with van der Waals surface area (Å²) in [6.07, 6.45) is 3.04. The fourth-order valence-electron chi connectivity index (χ4n) is 0.434. The highest BCUT2D eigenvalue weighted by atomic mass is 35.5. The number of rotatable bonds is 1. The van der Waals surface area contributed by atoms with Crippen LogP contribution in [0.4, 0.5) is 5.82 Å². The molecule has 0 atom stereocenters. The van der Waals surface area contributed by atoms with Crippen molar-refractivity contribution in [2.75, 3.05) is 5.73 Å². The van der Waals surface area contributed by atoms with Crippen LogP contribution < -0.4 is 5.73 Å². The van der Waals surface area contributed by atoms with E-state index in [2.05, 4.69) is 9.97 Å². The number of hydrogen-bond donors (Lipinski definition) is 1. The normalized spacial score (nSPS) is 9.44. The summed E-state index contributed by atoms with van der Waals surface area (Å²) in [5, 5.41) is 0. The van der Waals surface area contributed by atoms with Gasteiger partial charge in [-0.25, -0.2) is 4.98 Å². The van der Waals surface area contributed by atoms with E-state index in [-0.39, 0.29) is 0 Å². The predicted octanol–water partition coefficient (Wildman–Crippen LogP) is 0.798. The summed E-state index contributed by atoms with van der Waals surface area (Å²) in [6, 6.07) is 0. The summed E-state index contributed by atoms with van der Waals surface area (Å²) >= 11 is 5.44.